The van der Waals surface area contributed by atoms with Gasteiger partial charge in [-0.05, 0) is 55.7 Å². The molecule has 2 N–H and O–H groups in total. The molecule has 2 aromatic rings. The molecule has 1 aliphatic carbocycles. The number of benzene rings is 2. The first-order valence-corrected chi connectivity index (χ1v) is 11.2. The van der Waals surface area contributed by atoms with Crippen LogP contribution < -0.4 is 10.0 Å². The van der Waals surface area contributed by atoms with Crippen molar-refractivity contribution in [1.82, 2.24) is 5.32 Å². The molecule has 0 bridgehead atoms. The van der Waals surface area contributed by atoms with Crippen LogP contribution in [-0.2, 0) is 16.2 Å². The normalized spacial score (nSPS) is 15.6. The lowest BCUT2D eigenvalue weighted by molar-refractivity contribution is -0.137. The summed E-state index contributed by atoms with van der Waals surface area (Å²) in [5.41, 5.74) is -0.327. The predicted molar refractivity (Wildman–Crippen MR) is 108 cm³/mol. The minimum Gasteiger partial charge on any atom is -0.349 e. The van der Waals surface area contributed by atoms with Crippen LogP contribution in [-0.4, -0.2) is 20.4 Å². The van der Waals surface area contributed by atoms with Gasteiger partial charge in [0.25, 0.3) is 15.9 Å². The number of alkyl halides is 3. The number of rotatable bonds is 5. The molecule has 2 aromatic carbocycles. The van der Waals surface area contributed by atoms with Gasteiger partial charge in [-0.2, -0.15) is 13.2 Å². The standard InChI is InChI=1S/C21H23F3N2O3S/c1-14-10-11-18(13-19(14)20(27)25-16-7-3-2-4-8-16)30(28,29)26-17-9-5-6-15(12-17)21(22,23)24/h5-6,9-13,16,26H,2-4,7-8H2,1H3,(H,25,27). The fourth-order valence-electron chi connectivity index (χ4n) is 3.50. The maximum atomic E-state index is 12.9. The molecule has 0 heterocycles. The minimum absolute atomic E-state index is 0.0640. The zero-order chi connectivity index (χ0) is 21.9. The first-order valence-electron chi connectivity index (χ1n) is 9.68. The zero-order valence-electron chi connectivity index (χ0n) is 16.4. The Bertz CT molecular complexity index is 1030. The zero-order valence-corrected chi connectivity index (χ0v) is 17.2. The van der Waals surface area contributed by atoms with E-state index in [0.717, 1.165) is 50.3 Å². The number of carbonyl (C=O) groups excluding carboxylic acids is 1. The van der Waals surface area contributed by atoms with Crippen molar-refractivity contribution >= 4 is 21.6 Å². The second kappa shape index (κ2) is 8.67. The molecule has 1 aliphatic rings. The van der Waals surface area contributed by atoms with E-state index in [0.29, 0.717) is 5.56 Å². The third-order valence-electron chi connectivity index (χ3n) is 5.15. The van der Waals surface area contributed by atoms with Gasteiger partial charge in [-0.3, -0.25) is 9.52 Å². The molecule has 0 aliphatic heterocycles. The van der Waals surface area contributed by atoms with Crippen molar-refractivity contribution in [3.05, 3.63) is 59.2 Å². The van der Waals surface area contributed by atoms with Crippen LogP contribution in [0.1, 0.15) is 53.6 Å². The highest BCUT2D eigenvalue weighted by Crippen LogP contribution is 2.31. The fourth-order valence-corrected chi connectivity index (χ4v) is 4.57. The van der Waals surface area contributed by atoms with Gasteiger partial charge < -0.3 is 5.32 Å². The van der Waals surface area contributed by atoms with Crippen LogP contribution in [0.15, 0.2) is 47.4 Å². The second-order valence-electron chi connectivity index (χ2n) is 7.47. The van der Waals surface area contributed by atoms with E-state index in [1.54, 1.807) is 6.92 Å². The molecule has 0 unspecified atom stereocenters. The summed E-state index contributed by atoms with van der Waals surface area (Å²) in [6, 6.07) is 8.09. The number of nitrogens with one attached hydrogen (secondary N) is 2. The van der Waals surface area contributed by atoms with E-state index < -0.39 is 21.8 Å². The number of halogens is 3. The molecule has 162 valence electrons. The molecule has 0 saturated heterocycles. The summed E-state index contributed by atoms with van der Waals surface area (Å²) >= 11 is 0. The SMILES string of the molecule is Cc1ccc(S(=O)(=O)Nc2cccc(C(F)(F)F)c2)cc1C(=O)NC1CCCCC1. The van der Waals surface area contributed by atoms with Crippen molar-refractivity contribution in [2.75, 3.05) is 4.72 Å². The Labute approximate surface area is 173 Å². The average Bonchev–Trinajstić information content (AvgIpc) is 2.68. The molecule has 0 atom stereocenters. The smallest absolute Gasteiger partial charge is 0.349 e. The van der Waals surface area contributed by atoms with Gasteiger partial charge in [-0.15, -0.1) is 0 Å². The lowest BCUT2D eigenvalue weighted by atomic mass is 9.95. The maximum absolute atomic E-state index is 12.9. The summed E-state index contributed by atoms with van der Waals surface area (Å²) in [5.74, 6) is -0.351. The summed E-state index contributed by atoms with van der Waals surface area (Å²) in [6.45, 7) is 1.70. The van der Waals surface area contributed by atoms with Crippen LogP contribution in [0.3, 0.4) is 0 Å². The largest absolute Gasteiger partial charge is 0.416 e. The number of hydrogen-bond acceptors (Lipinski definition) is 3. The molecule has 30 heavy (non-hydrogen) atoms. The Kier molecular flexibility index (Phi) is 6.40. The van der Waals surface area contributed by atoms with E-state index in [1.165, 1.54) is 24.3 Å². The van der Waals surface area contributed by atoms with Crippen LogP contribution in [0, 0.1) is 6.92 Å². The van der Waals surface area contributed by atoms with Crippen LogP contribution >= 0.6 is 0 Å². The number of aryl methyl sites for hydroxylation is 1. The van der Waals surface area contributed by atoms with Crippen LogP contribution in [0.5, 0.6) is 0 Å². The van der Waals surface area contributed by atoms with Crippen LogP contribution in [0.25, 0.3) is 0 Å². The second-order valence-corrected chi connectivity index (χ2v) is 9.15. The van der Waals surface area contributed by atoms with Crippen molar-refractivity contribution < 1.29 is 26.4 Å². The van der Waals surface area contributed by atoms with E-state index in [-0.39, 0.29) is 28.1 Å². The number of carbonyl (C=O) groups is 1. The highest BCUT2D eigenvalue weighted by atomic mass is 32.2. The molecule has 0 radical (unpaired) electrons. The fraction of sp³-hybridized carbons (Fsp3) is 0.381. The van der Waals surface area contributed by atoms with E-state index in [2.05, 4.69) is 10.0 Å². The molecular formula is C21H23F3N2O3S. The van der Waals surface area contributed by atoms with E-state index in [4.69, 9.17) is 0 Å². The molecule has 1 saturated carbocycles. The molecule has 1 fully saturated rings. The Morgan fingerprint density at radius 3 is 2.40 bits per heavy atom. The van der Waals surface area contributed by atoms with Crippen LogP contribution in [0.4, 0.5) is 18.9 Å². The molecule has 0 spiro atoms. The van der Waals surface area contributed by atoms with Gasteiger partial charge >= 0.3 is 6.18 Å². The van der Waals surface area contributed by atoms with Gasteiger partial charge in [0.15, 0.2) is 0 Å². The third kappa shape index (κ3) is 5.33. The van der Waals surface area contributed by atoms with Gasteiger partial charge in [0.05, 0.1) is 10.5 Å². The van der Waals surface area contributed by atoms with E-state index in [1.807, 2.05) is 0 Å². The minimum atomic E-state index is -4.59. The first kappa shape index (κ1) is 22.1. The number of amides is 1. The predicted octanol–water partition coefficient (Wildman–Crippen LogP) is 4.88. The number of hydrogen-bond donors (Lipinski definition) is 2. The maximum Gasteiger partial charge on any atom is 0.416 e. The summed E-state index contributed by atoms with van der Waals surface area (Å²) in [4.78, 5) is 12.5. The summed E-state index contributed by atoms with van der Waals surface area (Å²) in [5, 5.41) is 2.95. The van der Waals surface area contributed by atoms with Gasteiger partial charge in [-0.25, -0.2) is 8.42 Å². The first-order chi connectivity index (χ1) is 14.1. The van der Waals surface area contributed by atoms with E-state index in [9.17, 15) is 26.4 Å². The highest BCUT2D eigenvalue weighted by Gasteiger charge is 2.31. The molecular weight excluding hydrogens is 417 g/mol. The quantitative estimate of drug-likeness (QED) is 0.696. The molecule has 1 amide bonds. The summed E-state index contributed by atoms with van der Waals surface area (Å²) in [6.07, 6.45) is 0.411. The van der Waals surface area contributed by atoms with Crippen LogP contribution in [0.2, 0.25) is 0 Å². The Morgan fingerprint density at radius 2 is 1.73 bits per heavy atom. The van der Waals surface area contributed by atoms with Crippen molar-refractivity contribution in [2.24, 2.45) is 0 Å². The average molecular weight is 440 g/mol. The van der Waals surface area contributed by atoms with Crippen molar-refractivity contribution in [1.29, 1.82) is 0 Å². The third-order valence-corrected chi connectivity index (χ3v) is 6.53. The summed E-state index contributed by atoms with van der Waals surface area (Å²) < 4.78 is 66.2. The van der Waals surface area contributed by atoms with E-state index >= 15 is 0 Å². The summed E-state index contributed by atoms with van der Waals surface area (Å²) in [7, 11) is -4.18. The highest BCUT2D eigenvalue weighted by molar-refractivity contribution is 7.92. The molecule has 3 rings (SSSR count). The lowest BCUT2D eigenvalue weighted by Crippen LogP contribution is -2.36. The number of sulfonamides is 1. The monoisotopic (exact) mass is 440 g/mol. The van der Waals surface area contributed by atoms with Gasteiger partial charge in [0, 0.05) is 17.3 Å². The van der Waals surface area contributed by atoms with Gasteiger partial charge in [-0.1, -0.05) is 31.4 Å². The van der Waals surface area contributed by atoms with Gasteiger partial charge in [0.2, 0.25) is 0 Å². The Morgan fingerprint density at radius 1 is 1.03 bits per heavy atom. The lowest BCUT2D eigenvalue weighted by Gasteiger charge is -2.23. The topological polar surface area (TPSA) is 75.3 Å². The molecule has 5 nitrogen and oxygen atoms in total. The Balaban J connectivity index is 1.83. The number of anilines is 1. The van der Waals surface area contributed by atoms with Crippen molar-refractivity contribution in [3.63, 3.8) is 0 Å². The molecule has 9 heteroatoms. The molecule has 0 aromatic heterocycles. The van der Waals surface area contributed by atoms with Crippen molar-refractivity contribution in [2.45, 2.75) is 56.1 Å². The van der Waals surface area contributed by atoms with Gasteiger partial charge in [0.1, 0.15) is 0 Å². The van der Waals surface area contributed by atoms with Crippen molar-refractivity contribution in [3.8, 4) is 0 Å². The Hall–Kier alpha value is -2.55.